The number of benzene rings is 3. The Balaban J connectivity index is 1.64. The van der Waals surface area contributed by atoms with Crippen LogP contribution < -0.4 is 10.2 Å². The monoisotopic (exact) mass is 418 g/mol. The van der Waals surface area contributed by atoms with E-state index in [1.54, 1.807) is 6.07 Å². The number of anilines is 2. The first-order valence-electron chi connectivity index (χ1n) is 10.3. The van der Waals surface area contributed by atoms with Crippen LogP contribution in [0.4, 0.5) is 27.1 Å². The zero-order valence-electron chi connectivity index (χ0n) is 18.1. The average molecular weight is 419 g/mol. The molecule has 1 N–H and O–H groups in total. The minimum absolute atomic E-state index is 0.0376. The number of carbonyl (C=O) groups excluding carboxylic acids is 1. The minimum Gasteiger partial charge on any atom is -0.378 e. The highest BCUT2D eigenvalue weighted by molar-refractivity contribution is 6.04. The van der Waals surface area contributed by atoms with Crippen molar-refractivity contribution < 1.29 is 9.18 Å². The van der Waals surface area contributed by atoms with Crippen LogP contribution in [0.25, 0.3) is 0 Å². The molecule has 0 unspecified atom stereocenters. The molecular weight excluding hydrogens is 391 g/mol. The Morgan fingerprint density at radius 3 is 2.19 bits per heavy atom. The Labute approximate surface area is 182 Å². The number of nitrogens with one attached hydrogen (secondary N) is 1. The summed E-state index contributed by atoms with van der Waals surface area (Å²) in [7, 11) is 3.92. The first kappa shape index (κ1) is 22.2. The van der Waals surface area contributed by atoms with Crippen molar-refractivity contribution in [3.63, 3.8) is 0 Å². The van der Waals surface area contributed by atoms with Crippen molar-refractivity contribution in [1.29, 1.82) is 0 Å². The highest BCUT2D eigenvalue weighted by Gasteiger charge is 2.12. The van der Waals surface area contributed by atoms with Crippen LogP contribution in [0.3, 0.4) is 0 Å². The Morgan fingerprint density at radius 2 is 1.58 bits per heavy atom. The molecule has 0 spiro atoms. The third-order valence-corrected chi connectivity index (χ3v) is 4.88. The molecular formula is C25H27FN4O. The largest absolute Gasteiger partial charge is 0.378 e. The maximum absolute atomic E-state index is 14.5. The van der Waals surface area contributed by atoms with E-state index < -0.39 is 11.7 Å². The molecule has 0 radical (unpaired) electrons. The second-order valence-electron chi connectivity index (χ2n) is 7.53. The quantitative estimate of drug-likeness (QED) is 0.404. The van der Waals surface area contributed by atoms with Gasteiger partial charge in [-0.15, -0.1) is 0 Å². The van der Waals surface area contributed by atoms with Gasteiger partial charge in [0.25, 0.3) is 5.91 Å². The van der Waals surface area contributed by atoms with Crippen LogP contribution in [0.2, 0.25) is 0 Å². The number of carbonyl (C=O) groups is 1. The maximum Gasteiger partial charge on any atom is 0.258 e. The van der Waals surface area contributed by atoms with Crippen LogP contribution >= 0.6 is 0 Å². The van der Waals surface area contributed by atoms with Crippen molar-refractivity contribution in [2.75, 3.05) is 24.3 Å². The van der Waals surface area contributed by atoms with E-state index in [1.807, 2.05) is 67.5 Å². The number of aryl methyl sites for hydroxylation is 1. The molecule has 0 aliphatic rings. The molecule has 0 bridgehead atoms. The van der Waals surface area contributed by atoms with Gasteiger partial charge in [-0.1, -0.05) is 25.5 Å². The molecule has 0 saturated carbocycles. The van der Waals surface area contributed by atoms with Gasteiger partial charge in [0.1, 0.15) is 5.82 Å². The molecule has 0 aliphatic carbocycles. The molecule has 0 heterocycles. The zero-order valence-corrected chi connectivity index (χ0v) is 18.1. The lowest BCUT2D eigenvalue weighted by Crippen LogP contribution is -2.13. The highest BCUT2D eigenvalue weighted by atomic mass is 19.1. The van der Waals surface area contributed by atoms with Crippen LogP contribution in [0.1, 0.15) is 35.7 Å². The van der Waals surface area contributed by atoms with Gasteiger partial charge in [0.05, 0.1) is 16.9 Å². The summed E-state index contributed by atoms with van der Waals surface area (Å²) in [6, 6.07) is 19.4. The van der Waals surface area contributed by atoms with E-state index in [0.29, 0.717) is 17.1 Å². The van der Waals surface area contributed by atoms with E-state index in [1.165, 1.54) is 17.7 Å². The molecule has 160 valence electrons. The summed E-state index contributed by atoms with van der Waals surface area (Å²) in [5.41, 5.74) is 3.87. The number of azo groups is 1. The summed E-state index contributed by atoms with van der Waals surface area (Å²) < 4.78 is 14.5. The second kappa shape index (κ2) is 10.5. The third kappa shape index (κ3) is 6.22. The Kier molecular flexibility index (Phi) is 7.49. The number of rotatable bonds is 8. The predicted molar refractivity (Wildman–Crippen MR) is 124 cm³/mol. The molecule has 1 amide bonds. The summed E-state index contributed by atoms with van der Waals surface area (Å²) in [6.45, 7) is 2.15. The number of unbranched alkanes of at least 4 members (excludes halogenated alkanes) is 1. The van der Waals surface area contributed by atoms with Gasteiger partial charge in [0.15, 0.2) is 0 Å². The maximum atomic E-state index is 14.5. The van der Waals surface area contributed by atoms with Crippen molar-refractivity contribution in [3.8, 4) is 0 Å². The van der Waals surface area contributed by atoms with Crippen LogP contribution in [0, 0.1) is 5.82 Å². The number of hydrogen-bond donors (Lipinski definition) is 1. The number of hydrogen-bond acceptors (Lipinski definition) is 4. The van der Waals surface area contributed by atoms with Gasteiger partial charge in [-0.25, -0.2) is 4.39 Å². The van der Waals surface area contributed by atoms with Crippen LogP contribution in [-0.2, 0) is 6.42 Å². The van der Waals surface area contributed by atoms with Crippen molar-refractivity contribution in [2.24, 2.45) is 10.2 Å². The lowest BCUT2D eigenvalue weighted by atomic mass is 10.1. The first-order valence-corrected chi connectivity index (χ1v) is 10.3. The van der Waals surface area contributed by atoms with E-state index in [9.17, 15) is 9.18 Å². The number of nitrogens with zero attached hydrogens (tertiary/aromatic N) is 3. The lowest BCUT2D eigenvalue weighted by Gasteiger charge is -2.11. The van der Waals surface area contributed by atoms with Gasteiger partial charge in [0.2, 0.25) is 0 Å². The molecule has 0 aliphatic heterocycles. The SMILES string of the molecule is CCCCc1ccc(NC(=O)c2ccc(N=Nc3ccc(N(C)C)cc3)cc2F)cc1. The van der Waals surface area contributed by atoms with Crippen LogP contribution in [-0.4, -0.2) is 20.0 Å². The zero-order chi connectivity index (χ0) is 22.2. The molecule has 31 heavy (non-hydrogen) atoms. The summed E-state index contributed by atoms with van der Waals surface area (Å²) in [6.07, 6.45) is 3.27. The van der Waals surface area contributed by atoms with E-state index in [4.69, 9.17) is 0 Å². The summed E-state index contributed by atoms with van der Waals surface area (Å²) in [5, 5.41) is 10.9. The standard InChI is InChI=1S/C25H27FN4O/c1-4-5-6-18-7-9-19(10-8-18)27-25(31)23-16-13-21(17-24(23)26)29-28-20-11-14-22(15-12-20)30(2)3/h7-17H,4-6H2,1-3H3,(H,27,31). The smallest absolute Gasteiger partial charge is 0.258 e. The van der Waals surface area contributed by atoms with E-state index in [-0.39, 0.29) is 5.56 Å². The number of amides is 1. The van der Waals surface area contributed by atoms with Crippen molar-refractivity contribution in [3.05, 3.63) is 83.7 Å². The first-order chi connectivity index (χ1) is 15.0. The van der Waals surface area contributed by atoms with Crippen LogP contribution in [0.5, 0.6) is 0 Å². The predicted octanol–water partition coefficient (Wildman–Crippen LogP) is 6.90. The van der Waals surface area contributed by atoms with Gasteiger partial charge in [0, 0.05) is 31.5 Å². The second-order valence-corrected chi connectivity index (χ2v) is 7.53. The van der Waals surface area contributed by atoms with Crippen molar-refractivity contribution in [2.45, 2.75) is 26.2 Å². The fourth-order valence-corrected chi connectivity index (χ4v) is 3.02. The highest BCUT2D eigenvalue weighted by Crippen LogP contribution is 2.23. The van der Waals surface area contributed by atoms with Gasteiger partial charge in [-0.05, 0) is 66.9 Å². The van der Waals surface area contributed by atoms with Gasteiger partial charge >= 0.3 is 0 Å². The van der Waals surface area contributed by atoms with Crippen molar-refractivity contribution >= 4 is 28.7 Å². The topological polar surface area (TPSA) is 57.1 Å². The molecule has 3 aromatic carbocycles. The molecule has 3 rings (SSSR count). The van der Waals surface area contributed by atoms with E-state index in [0.717, 1.165) is 24.9 Å². The van der Waals surface area contributed by atoms with Gasteiger partial charge < -0.3 is 10.2 Å². The normalized spacial score (nSPS) is 11.0. The Bertz CT molecular complexity index is 1040. The molecule has 5 nitrogen and oxygen atoms in total. The molecule has 3 aromatic rings. The summed E-state index contributed by atoms with van der Waals surface area (Å²) >= 11 is 0. The van der Waals surface area contributed by atoms with Gasteiger partial charge in [-0.2, -0.15) is 10.2 Å². The van der Waals surface area contributed by atoms with Gasteiger partial charge in [-0.3, -0.25) is 4.79 Å². The fourth-order valence-electron chi connectivity index (χ4n) is 3.02. The molecule has 6 heteroatoms. The average Bonchev–Trinajstić information content (AvgIpc) is 2.77. The third-order valence-electron chi connectivity index (χ3n) is 4.88. The van der Waals surface area contributed by atoms with Crippen molar-refractivity contribution in [1.82, 2.24) is 0 Å². The number of halogens is 1. The fraction of sp³-hybridized carbons (Fsp3) is 0.240. The molecule has 0 atom stereocenters. The molecule has 0 fully saturated rings. The van der Waals surface area contributed by atoms with E-state index in [2.05, 4.69) is 22.5 Å². The minimum atomic E-state index is -0.642. The van der Waals surface area contributed by atoms with Crippen LogP contribution in [0.15, 0.2) is 77.0 Å². The Hall–Kier alpha value is -3.54. The molecule has 0 saturated heterocycles. The van der Waals surface area contributed by atoms with E-state index >= 15 is 0 Å². The molecule has 0 aromatic heterocycles. The summed E-state index contributed by atoms with van der Waals surface area (Å²) in [4.78, 5) is 14.4. The Morgan fingerprint density at radius 1 is 0.935 bits per heavy atom. The lowest BCUT2D eigenvalue weighted by molar-refractivity contribution is 0.102. The summed E-state index contributed by atoms with van der Waals surface area (Å²) in [5.74, 6) is -1.14.